The molecule has 2 atom stereocenters. The molecule has 7 N–H and O–H groups in total. The number of hydrogen-bond donors (Lipinski definition) is 5. The summed E-state index contributed by atoms with van der Waals surface area (Å²) in [5, 5.41) is 24.7. The van der Waals surface area contributed by atoms with E-state index in [-0.39, 0.29) is 33.2 Å². The minimum Gasteiger partial charge on any atom is -0.478 e. The molecule has 4 heterocycles. The third kappa shape index (κ3) is 5.62. The Morgan fingerprint density at radius 2 is 1.97 bits per heavy atom. The molecule has 2 unspecified atom stereocenters. The monoisotopic (exact) mass is 596 g/mol. The molecule has 2 aliphatic heterocycles. The minimum atomic E-state index is -1.80. The summed E-state index contributed by atoms with van der Waals surface area (Å²) in [5.41, 5.74) is 9.83. The van der Waals surface area contributed by atoms with E-state index in [1.807, 2.05) is 0 Å². The van der Waals surface area contributed by atoms with Crippen molar-refractivity contribution in [3.05, 3.63) is 45.8 Å². The van der Waals surface area contributed by atoms with Crippen molar-refractivity contribution in [1.82, 2.24) is 15.2 Å². The lowest BCUT2D eigenvalue weighted by atomic mass is 10.0. The number of aromatic nitrogens is 2. The van der Waals surface area contributed by atoms with Crippen LogP contribution >= 0.6 is 34.7 Å². The van der Waals surface area contributed by atoms with E-state index in [4.69, 9.17) is 27.9 Å². The van der Waals surface area contributed by atoms with Gasteiger partial charge in [-0.25, -0.2) is 19.1 Å². The third-order valence-electron chi connectivity index (χ3n) is 5.75. The van der Waals surface area contributed by atoms with Gasteiger partial charge in [0.15, 0.2) is 29.8 Å². The van der Waals surface area contributed by atoms with E-state index in [0.29, 0.717) is 11.3 Å². The number of thiazole rings is 1. The first kappa shape index (κ1) is 28.1. The number of carboxylic acids is 2. The normalized spacial score (nSPS) is 19.3. The van der Waals surface area contributed by atoms with Crippen molar-refractivity contribution in [2.45, 2.75) is 37.4 Å². The van der Waals surface area contributed by atoms with E-state index in [9.17, 15) is 29.4 Å². The molecule has 39 heavy (non-hydrogen) atoms. The zero-order valence-corrected chi connectivity index (χ0v) is 22.8. The van der Waals surface area contributed by atoms with Gasteiger partial charge in [-0.05, 0) is 13.8 Å². The number of hydrogen-bond acceptors (Lipinski definition) is 11. The van der Waals surface area contributed by atoms with Crippen LogP contribution in [0.15, 0.2) is 41.0 Å². The van der Waals surface area contributed by atoms with Crippen LogP contribution in [0.2, 0.25) is 4.34 Å². The van der Waals surface area contributed by atoms with Crippen LogP contribution in [-0.4, -0.2) is 72.3 Å². The number of nitrogens with zero attached hydrogens (tertiary/aromatic N) is 4. The molecule has 0 radical (unpaired) electrons. The number of β-lactam (4-membered cyclic amide) rings is 1. The Bertz CT molecular complexity index is 1420. The van der Waals surface area contributed by atoms with Gasteiger partial charge in [-0.1, -0.05) is 28.1 Å². The molecule has 17 heteroatoms. The fourth-order valence-corrected chi connectivity index (χ4v) is 5.93. The quantitative estimate of drug-likeness (QED) is 0.115. The largest absolute Gasteiger partial charge is 0.478 e. The number of carbonyl (C=O) groups excluding carboxylic acids is 2. The summed E-state index contributed by atoms with van der Waals surface area (Å²) >= 11 is 8.28. The molecule has 1 fully saturated rings. The molecule has 0 aliphatic carbocycles. The van der Waals surface area contributed by atoms with Gasteiger partial charge in [-0.2, -0.15) is 0 Å². The number of rotatable bonds is 9. The van der Waals surface area contributed by atoms with Crippen LogP contribution < -0.4 is 21.4 Å². The lowest BCUT2D eigenvalue weighted by Gasteiger charge is -2.49. The smallest absolute Gasteiger partial charge is 0.352 e. The van der Waals surface area contributed by atoms with Crippen molar-refractivity contribution in [2.75, 3.05) is 17.2 Å². The molecular formula is C22H23ClN7O7S2+. The maximum Gasteiger partial charge on any atom is 0.352 e. The summed E-state index contributed by atoms with van der Waals surface area (Å²) in [4.78, 5) is 60.1. The zero-order valence-electron chi connectivity index (χ0n) is 20.5. The Labute approximate surface area is 234 Å². The van der Waals surface area contributed by atoms with Gasteiger partial charge < -0.3 is 31.8 Å². The Balaban J connectivity index is 1.57. The number of nitrogen functional groups attached to an aromatic ring is 2. The van der Waals surface area contributed by atoms with Crippen LogP contribution in [-0.2, 0) is 30.6 Å². The summed E-state index contributed by atoms with van der Waals surface area (Å²) in [6, 6.07) is 2.24. The maximum atomic E-state index is 13.2. The highest BCUT2D eigenvalue weighted by Gasteiger charge is 2.55. The molecule has 4 rings (SSSR count). The average molecular weight is 597 g/mol. The lowest BCUT2D eigenvalue weighted by molar-refractivity contribution is -0.688. The van der Waals surface area contributed by atoms with Gasteiger partial charge in [0.25, 0.3) is 11.8 Å². The van der Waals surface area contributed by atoms with Crippen LogP contribution in [0.5, 0.6) is 0 Å². The summed E-state index contributed by atoms with van der Waals surface area (Å²) in [5.74, 6) is -3.93. The Kier molecular flexibility index (Phi) is 7.72. The standard InChI is InChI=1S/C22H22ClN7O7S2/c1-22(2,20(35)36)37-28-12(11-15(23)39-21(25)27-11)16(31)26-13-17(32)30-14(19(33)34)9(8-38-18(13)30)7-29-5-3-10(24)4-6-29/h3-6,13,18,24H,7-8H2,1-2H3,(H5,25,26,27,31,33,34,35,36)/p+1/b28-12-. The summed E-state index contributed by atoms with van der Waals surface area (Å²) in [7, 11) is 0. The highest BCUT2D eigenvalue weighted by atomic mass is 35.5. The number of nitrogens with one attached hydrogen (secondary N) is 1. The number of aliphatic carboxylic acids is 2. The second-order valence-corrected chi connectivity index (χ2v) is 11.7. The number of thioether (sulfide) groups is 1. The predicted molar refractivity (Wildman–Crippen MR) is 142 cm³/mol. The van der Waals surface area contributed by atoms with Crippen LogP contribution in [0.3, 0.4) is 0 Å². The summed E-state index contributed by atoms with van der Waals surface area (Å²) in [6.07, 6.45) is 3.40. The third-order valence-corrected chi connectivity index (χ3v) is 8.17. The van der Waals surface area contributed by atoms with E-state index in [1.54, 1.807) is 29.1 Å². The van der Waals surface area contributed by atoms with E-state index < -0.39 is 46.5 Å². The van der Waals surface area contributed by atoms with Gasteiger partial charge in [0.05, 0.1) is 0 Å². The average Bonchev–Trinajstić information content (AvgIpc) is 3.20. The number of oxime groups is 1. The van der Waals surface area contributed by atoms with Crippen molar-refractivity contribution in [3.63, 3.8) is 0 Å². The van der Waals surface area contributed by atoms with Gasteiger partial charge >= 0.3 is 11.9 Å². The highest BCUT2D eigenvalue weighted by Crippen LogP contribution is 2.40. The summed E-state index contributed by atoms with van der Waals surface area (Å²) < 4.78 is 1.73. The van der Waals surface area contributed by atoms with Gasteiger partial charge in [0.1, 0.15) is 27.1 Å². The molecule has 0 aromatic carbocycles. The lowest BCUT2D eigenvalue weighted by Crippen LogP contribution is -2.71. The van der Waals surface area contributed by atoms with E-state index >= 15 is 0 Å². The fourth-order valence-electron chi connectivity index (χ4n) is 3.66. The summed E-state index contributed by atoms with van der Waals surface area (Å²) in [6.45, 7) is 2.66. The Morgan fingerprint density at radius 3 is 2.54 bits per heavy atom. The van der Waals surface area contributed by atoms with Gasteiger partial charge in [-0.3, -0.25) is 14.5 Å². The fraction of sp³-hybridized carbons (Fsp3) is 0.318. The number of anilines is 2. The van der Waals surface area contributed by atoms with Crippen LogP contribution in [0, 0.1) is 0 Å². The van der Waals surface area contributed by atoms with E-state index in [0.717, 1.165) is 16.2 Å². The zero-order chi connectivity index (χ0) is 28.6. The number of fused-ring (bicyclic) bond motifs is 1. The van der Waals surface area contributed by atoms with Gasteiger partial charge in [0.2, 0.25) is 5.60 Å². The van der Waals surface area contributed by atoms with Gasteiger partial charge in [0, 0.05) is 29.1 Å². The van der Waals surface area contributed by atoms with Crippen LogP contribution in [0.1, 0.15) is 19.5 Å². The van der Waals surface area contributed by atoms with E-state index in [2.05, 4.69) is 15.5 Å². The molecule has 2 aromatic rings. The van der Waals surface area contributed by atoms with E-state index in [1.165, 1.54) is 25.6 Å². The number of pyridine rings is 1. The Hall–Kier alpha value is -3.89. The van der Waals surface area contributed by atoms with Crippen molar-refractivity contribution >= 4 is 75.0 Å². The van der Waals surface area contributed by atoms with Crippen LogP contribution in [0.4, 0.5) is 10.8 Å². The van der Waals surface area contributed by atoms with Crippen molar-refractivity contribution in [2.24, 2.45) is 5.16 Å². The number of nitrogens with two attached hydrogens (primary N) is 2. The topological polar surface area (TPSA) is 214 Å². The molecule has 1 saturated heterocycles. The molecule has 14 nitrogen and oxygen atoms in total. The second kappa shape index (κ2) is 10.7. The number of amides is 2. The number of halogens is 1. The second-order valence-electron chi connectivity index (χ2n) is 8.94. The number of carbonyl (C=O) groups is 4. The van der Waals surface area contributed by atoms with Crippen molar-refractivity contribution in [1.29, 1.82) is 0 Å². The molecular weight excluding hydrogens is 574 g/mol. The highest BCUT2D eigenvalue weighted by molar-refractivity contribution is 8.00. The van der Waals surface area contributed by atoms with Crippen molar-refractivity contribution < 1.29 is 38.8 Å². The minimum absolute atomic E-state index is 0.00681. The van der Waals surface area contributed by atoms with Crippen molar-refractivity contribution in [3.8, 4) is 0 Å². The first-order valence-electron chi connectivity index (χ1n) is 11.2. The first-order valence-corrected chi connectivity index (χ1v) is 13.4. The maximum absolute atomic E-state index is 13.2. The molecule has 2 amide bonds. The molecule has 0 saturated carbocycles. The molecule has 0 bridgehead atoms. The first-order chi connectivity index (χ1) is 18.3. The molecule has 2 aromatic heterocycles. The van der Waals surface area contributed by atoms with Crippen LogP contribution in [0.25, 0.3) is 0 Å². The molecule has 2 aliphatic rings. The number of carboxylic acid groups (broad SMARTS) is 2. The predicted octanol–water partition coefficient (Wildman–Crippen LogP) is 0.271. The van der Waals surface area contributed by atoms with Gasteiger partial charge in [-0.15, -0.1) is 11.8 Å². The SMILES string of the molecule is CC(C)(O/N=C(\C(=O)NC1C(=O)N2C(C(=O)O)=C(C[n+]3ccc(N)cc3)CSC12)c1nc(N)sc1Cl)C(=O)O. The Morgan fingerprint density at radius 1 is 1.31 bits per heavy atom. The molecule has 206 valence electrons. The molecule has 0 spiro atoms.